The fourth-order valence-electron chi connectivity index (χ4n) is 3.74. The lowest BCUT2D eigenvalue weighted by Crippen LogP contribution is -2.45. The number of hydrogen-bond acceptors (Lipinski definition) is 3. The van der Waals surface area contributed by atoms with E-state index < -0.39 is 29.4 Å². The van der Waals surface area contributed by atoms with Crippen LogP contribution in [0.2, 0.25) is 0 Å². The fourth-order valence-corrected chi connectivity index (χ4v) is 3.74. The molecule has 3 rings (SSSR count). The molecule has 0 radical (unpaired) electrons. The van der Waals surface area contributed by atoms with Crippen molar-refractivity contribution >= 4 is 17.6 Å². The highest BCUT2D eigenvalue weighted by Crippen LogP contribution is 2.47. The van der Waals surface area contributed by atoms with E-state index in [9.17, 15) is 18.4 Å². The maximum Gasteiger partial charge on any atom is 0.350 e. The predicted octanol–water partition coefficient (Wildman–Crippen LogP) is 2.81. The van der Waals surface area contributed by atoms with Gasteiger partial charge in [0.2, 0.25) is 12.3 Å². The third kappa shape index (κ3) is 3.02. The van der Waals surface area contributed by atoms with Gasteiger partial charge < -0.3 is 10.0 Å². The second-order valence-corrected chi connectivity index (χ2v) is 6.94. The number of nitrogens with one attached hydrogen (secondary N) is 1. The van der Waals surface area contributed by atoms with Crippen LogP contribution >= 0.6 is 0 Å². The highest BCUT2D eigenvalue weighted by molar-refractivity contribution is 6.38. The summed E-state index contributed by atoms with van der Waals surface area (Å²) in [4.78, 5) is 25.3. The second kappa shape index (κ2) is 6.63. The van der Waals surface area contributed by atoms with Crippen LogP contribution in [0.4, 0.5) is 8.78 Å². The van der Waals surface area contributed by atoms with Crippen LogP contribution in [0.25, 0.3) is 0 Å². The number of halogens is 2. The van der Waals surface area contributed by atoms with Gasteiger partial charge >= 0.3 is 5.97 Å². The number of aliphatic carboxylic acids is 1. The molecule has 2 unspecified atom stereocenters. The lowest BCUT2D eigenvalue weighted by atomic mass is 9.66. The largest absolute Gasteiger partial charge is 0.477 e. The number of likely N-dealkylation sites (tertiary alicyclic amines) is 1. The first-order valence-corrected chi connectivity index (χ1v) is 8.41. The van der Waals surface area contributed by atoms with Crippen LogP contribution < -0.4 is 0 Å². The standard InChI is InChI=1S/C19H20F2N2O3/c1-11-8-12(2-3-13(11)4-5-15(20)21)9-23-10-19(16(22)18(25)26)7-6-14(19)17(23)24/h2-3,6-8,14-15,22H,4-5,9-10H2,1H3,(H,25,26). The first kappa shape index (κ1) is 18.2. The number of carboxylic acids is 1. The van der Waals surface area contributed by atoms with Gasteiger partial charge in [-0.1, -0.05) is 30.4 Å². The summed E-state index contributed by atoms with van der Waals surface area (Å²) < 4.78 is 24.7. The van der Waals surface area contributed by atoms with Gasteiger partial charge in [-0.05, 0) is 30.0 Å². The molecule has 1 aromatic carbocycles. The Bertz CT molecular complexity index is 806. The molecule has 26 heavy (non-hydrogen) atoms. The molecule has 0 aromatic heterocycles. The normalized spacial score (nSPS) is 23.9. The van der Waals surface area contributed by atoms with Crippen LogP contribution in [0.5, 0.6) is 0 Å². The van der Waals surface area contributed by atoms with E-state index in [4.69, 9.17) is 10.5 Å². The van der Waals surface area contributed by atoms with E-state index in [1.807, 2.05) is 19.1 Å². The highest BCUT2D eigenvalue weighted by Gasteiger charge is 2.58. The summed E-state index contributed by atoms with van der Waals surface area (Å²) in [5.41, 5.74) is 1.11. The molecule has 1 aliphatic heterocycles. The first-order valence-electron chi connectivity index (χ1n) is 8.41. The Hall–Kier alpha value is -2.57. The molecule has 2 aliphatic rings. The molecule has 1 heterocycles. The van der Waals surface area contributed by atoms with E-state index in [2.05, 4.69) is 0 Å². The molecule has 1 saturated heterocycles. The molecule has 7 heteroatoms. The minimum absolute atomic E-state index is 0.171. The van der Waals surface area contributed by atoms with Gasteiger partial charge in [0.1, 0.15) is 5.71 Å². The van der Waals surface area contributed by atoms with E-state index >= 15 is 0 Å². The van der Waals surface area contributed by atoms with Crippen molar-refractivity contribution in [1.82, 2.24) is 4.90 Å². The molecule has 138 valence electrons. The average molecular weight is 362 g/mol. The molecule has 1 amide bonds. The van der Waals surface area contributed by atoms with Crippen LogP contribution in [0.15, 0.2) is 30.4 Å². The number of alkyl halides is 2. The molecule has 0 saturated carbocycles. The smallest absolute Gasteiger partial charge is 0.350 e. The number of rotatable bonds is 7. The maximum absolute atomic E-state index is 12.5. The molecular weight excluding hydrogens is 342 g/mol. The lowest BCUT2D eigenvalue weighted by Gasteiger charge is -2.34. The van der Waals surface area contributed by atoms with Gasteiger partial charge in [-0.3, -0.25) is 10.2 Å². The van der Waals surface area contributed by atoms with Crippen LogP contribution in [-0.4, -0.2) is 40.6 Å². The zero-order valence-corrected chi connectivity index (χ0v) is 14.3. The van der Waals surface area contributed by atoms with Crippen LogP contribution in [0.1, 0.15) is 23.1 Å². The number of carbonyl (C=O) groups is 2. The average Bonchev–Trinajstić information content (AvgIpc) is 2.73. The fraction of sp³-hybridized carbons (Fsp3) is 0.421. The Labute approximate surface area is 149 Å². The number of carbonyl (C=O) groups excluding carboxylic acids is 1. The Morgan fingerprint density at radius 2 is 2.19 bits per heavy atom. The Kier molecular flexibility index (Phi) is 4.64. The molecule has 1 fully saturated rings. The summed E-state index contributed by atoms with van der Waals surface area (Å²) in [5, 5.41) is 17.0. The third-order valence-corrected chi connectivity index (χ3v) is 5.26. The van der Waals surface area contributed by atoms with Crippen molar-refractivity contribution in [2.75, 3.05) is 6.54 Å². The van der Waals surface area contributed by atoms with Crippen molar-refractivity contribution < 1.29 is 23.5 Å². The van der Waals surface area contributed by atoms with E-state index in [0.717, 1.165) is 16.7 Å². The van der Waals surface area contributed by atoms with Gasteiger partial charge in [-0.2, -0.15) is 0 Å². The van der Waals surface area contributed by atoms with Crippen LogP contribution in [-0.2, 0) is 22.6 Å². The van der Waals surface area contributed by atoms with Crippen molar-refractivity contribution in [2.24, 2.45) is 11.3 Å². The molecule has 2 atom stereocenters. The molecule has 2 N–H and O–H groups in total. The summed E-state index contributed by atoms with van der Waals surface area (Å²) >= 11 is 0. The number of carboxylic acid groups (broad SMARTS) is 1. The molecule has 1 aliphatic carbocycles. The summed E-state index contributed by atoms with van der Waals surface area (Å²) in [6.07, 6.45) is 1.07. The van der Waals surface area contributed by atoms with Gasteiger partial charge in [-0.15, -0.1) is 0 Å². The lowest BCUT2D eigenvalue weighted by molar-refractivity contribution is -0.130. The summed E-state index contributed by atoms with van der Waals surface area (Å²) in [5.74, 6) is -2.08. The summed E-state index contributed by atoms with van der Waals surface area (Å²) in [6.45, 7) is 2.33. The van der Waals surface area contributed by atoms with E-state index in [1.165, 1.54) is 0 Å². The Morgan fingerprint density at radius 3 is 2.73 bits per heavy atom. The minimum atomic E-state index is -2.33. The highest BCUT2D eigenvalue weighted by atomic mass is 19.3. The van der Waals surface area contributed by atoms with Gasteiger partial charge in [0.15, 0.2) is 0 Å². The summed E-state index contributed by atoms with van der Waals surface area (Å²) in [6, 6.07) is 5.48. The molecule has 0 spiro atoms. The number of benzene rings is 1. The zero-order valence-electron chi connectivity index (χ0n) is 14.3. The maximum atomic E-state index is 12.5. The molecule has 5 nitrogen and oxygen atoms in total. The topological polar surface area (TPSA) is 81.5 Å². The van der Waals surface area contributed by atoms with Gasteiger partial charge in [0.25, 0.3) is 0 Å². The second-order valence-electron chi connectivity index (χ2n) is 6.94. The third-order valence-electron chi connectivity index (χ3n) is 5.26. The Morgan fingerprint density at radius 1 is 1.46 bits per heavy atom. The molecular formula is C19H20F2N2O3. The van der Waals surface area contributed by atoms with Gasteiger partial charge in [0, 0.05) is 19.5 Å². The van der Waals surface area contributed by atoms with Crippen molar-refractivity contribution in [3.05, 3.63) is 47.0 Å². The number of fused-ring (bicyclic) bond motifs is 1. The van der Waals surface area contributed by atoms with E-state index in [0.29, 0.717) is 13.0 Å². The number of nitrogens with zero attached hydrogens (tertiary/aromatic N) is 1. The van der Waals surface area contributed by atoms with Crippen LogP contribution in [0.3, 0.4) is 0 Å². The van der Waals surface area contributed by atoms with Gasteiger partial charge in [0.05, 0.1) is 11.3 Å². The zero-order chi connectivity index (χ0) is 19.1. The van der Waals surface area contributed by atoms with Gasteiger partial charge in [-0.25, -0.2) is 13.6 Å². The SMILES string of the molecule is Cc1cc(CN2CC3(C(=N)C(=O)O)C=CC3C2=O)ccc1CCC(F)F. The van der Waals surface area contributed by atoms with Crippen molar-refractivity contribution in [2.45, 2.75) is 32.7 Å². The molecule has 0 bridgehead atoms. The monoisotopic (exact) mass is 362 g/mol. The van der Waals surface area contributed by atoms with Crippen molar-refractivity contribution in [3.8, 4) is 0 Å². The Balaban J connectivity index is 1.72. The first-order chi connectivity index (χ1) is 12.2. The minimum Gasteiger partial charge on any atom is -0.477 e. The predicted molar refractivity (Wildman–Crippen MR) is 91.3 cm³/mol. The quantitative estimate of drug-likeness (QED) is 0.578. The van der Waals surface area contributed by atoms with Crippen LogP contribution in [0, 0.1) is 23.7 Å². The number of hydrogen-bond donors (Lipinski definition) is 2. The van der Waals surface area contributed by atoms with Crippen molar-refractivity contribution in [3.63, 3.8) is 0 Å². The van der Waals surface area contributed by atoms with Crippen molar-refractivity contribution in [1.29, 1.82) is 5.41 Å². The number of amides is 1. The number of aryl methyl sites for hydroxylation is 2. The molecule has 1 aromatic rings. The summed E-state index contributed by atoms with van der Waals surface area (Å²) in [7, 11) is 0. The van der Waals surface area contributed by atoms with E-state index in [-0.39, 0.29) is 18.9 Å². The van der Waals surface area contributed by atoms with E-state index in [1.54, 1.807) is 23.1 Å².